The highest BCUT2D eigenvalue weighted by atomic mass is 32.1. The molecule has 4 heteroatoms. The van der Waals surface area contributed by atoms with Crippen LogP contribution in [0.5, 0.6) is 5.75 Å². The summed E-state index contributed by atoms with van der Waals surface area (Å²) in [6, 6.07) is 11.9. The molecule has 0 aliphatic carbocycles. The van der Waals surface area contributed by atoms with Crippen molar-refractivity contribution >= 4 is 17.0 Å². The molecule has 1 aromatic heterocycles. The van der Waals surface area contributed by atoms with Gasteiger partial charge in [0.2, 0.25) is 0 Å². The summed E-state index contributed by atoms with van der Waals surface area (Å²) >= 11 is 1.75. The molecular weight excluding hydrogens is 258 g/mol. The van der Waals surface area contributed by atoms with Crippen molar-refractivity contribution in [2.24, 2.45) is 0 Å². The molecule has 3 nitrogen and oxygen atoms in total. The van der Waals surface area contributed by atoms with E-state index >= 15 is 0 Å². The number of rotatable bonds is 6. The first-order chi connectivity index (χ1) is 9.26. The summed E-state index contributed by atoms with van der Waals surface area (Å²) in [5, 5.41) is 12.9. The Hall–Kier alpha value is -1.52. The lowest BCUT2D eigenvalue weighted by molar-refractivity contribution is 0.278. The van der Waals surface area contributed by atoms with Crippen molar-refractivity contribution in [1.82, 2.24) is 0 Å². The van der Waals surface area contributed by atoms with Gasteiger partial charge < -0.3 is 15.2 Å². The Balaban J connectivity index is 2.09. The summed E-state index contributed by atoms with van der Waals surface area (Å²) in [7, 11) is 1.65. The summed E-state index contributed by atoms with van der Waals surface area (Å²) in [4.78, 5) is 2.50. The van der Waals surface area contributed by atoms with Crippen molar-refractivity contribution in [3.05, 3.63) is 46.2 Å². The molecule has 0 aliphatic rings. The van der Waals surface area contributed by atoms with Gasteiger partial charge in [0.15, 0.2) is 0 Å². The predicted molar refractivity (Wildman–Crippen MR) is 80.1 cm³/mol. The third kappa shape index (κ3) is 3.49. The quantitative estimate of drug-likeness (QED) is 0.849. The lowest BCUT2D eigenvalue weighted by atomic mass is 10.2. The van der Waals surface area contributed by atoms with Crippen LogP contribution in [-0.4, -0.2) is 18.8 Å². The molecule has 0 saturated heterocycles. The van der Waals surface area contributed by atoms with Gasteiger partial charge in [-0.15, -0.1) is 11.3 Å². The van der Waals surface area contributed by atoms with E-state index in [0.717, 1.165) is 22.7 Å². The van der Waals surface area contributed by atoms with Crippen molar-refractivity contribution < 1.29 is 9.84 Å². The maximum atomic E-state index is 9.54. The Morgan fingerprint density at radius 3 is 2.47 bits per heavy atom. The molecule has 19 heavy (non-hydrogen) atoms. The van der Waals surface area contributed by atoms with Crippen LogP contribution in [0.2, 0.25) is 0 Å². The number of aliphatic hydroxyl groups excluding tert-OH is 1. The van der Waals surface area contributed by atoms with Gasteiger partial charge in [-0.25, -0.2) is 0 Å². The van der Waals surface area contributed by atoms with Gasteiger partial charge in [-0.05, 0) is 42.8 Å². The van der Waals surface area contributed by atoms with Crippen LogP contribution in [-0.2, 0) is 6.42 Å². The largest absolute Gasteiger partial charge is 0.497 e. The van der Waals surface area contributed by atoms with Crippen LogP contribution in [0.4, 0.5) is 5.69 Å². The number of thiophene rings is 1. The van der Waals surface area contributed by atoms with Crippen LogP contribution in [0.1, 0.15) is 22.7 Å². The zero-order valence-electron chi connectivity index (χ0n) is 11.2. The molecule has 102 valence electrons. The predicted octanol–water partition coefficient (Wildman–Crippen LogP) is 3.46. The number of anilines is 1. The second kappa shape index (κ2) is 6.59. The van der Waals surface area contributed by atoms with Crippen molar-refractivity contribution in [2.75, 3.05) is 19.0 Å². The van der Waals surface area contributed by atoms with Crippen LogP contribution < -0.4 is 10.1 Å². The van der Waals surface area contributed by atoms with Crippen LogP contribution in [0, 0.1) is 0 Å². The molecule has 1 aromatic carbocycles. The lowest BCUT2D eigenvalue weighted by Gasteiger charge is -2.16. The van der Waals surface area contributed by atoms with Gasteiger partial charge in [0.1, 0.15) is 5.75 Å². The highest BCUT2D eigenvalue weighted by molar-refractivity contribution is 7.12. The van der Waals surface area contributed by atoms with Crippen LogP contribution in [0.15, 0.2) is 36.4 Å². The van der Waals surface area contributed by atoms with Crippen LogP contribution >= 0.6 is 11.3 Å². The fourth-order valence-corrected chi connectivity index (χ4v) is 2.86. The van der Waals surface area contributed by atoms with Gasteiger partial charge in [0.05, 0.1) is 19.8 Å². The Bertz CT molecular complexity index is 507. The standard InChI is InChI=1S/C15H19NO2S/c1-3-13-8-9-15(19-13)14(10-17)16-11-4-6-12(18-2)7-5-11/h4-9,14,16-17H,3,10H2,1-2H3. The van der Waals surface area contributed by atoms with E-state index in [1.807, 2.05) is 24.3 Å². The number of benzene rings is 1. The maximum Gasteiger partial charge on any atom is 0.119 e. The van der Waals surface area contributed by atoms with E-state index < -0.39 is 0 Å². The molecule has 2 aromatic rings. The minimum absolute atomic E-state index is 0.0568. The van der Waals surface area contributed by atoms with Gasteiger partial charge in [0.25, 0.3) is 0 Å². The normalized spacial score (nSPS) is 12.2. The molecule has 1 unspecified atom stereocenters. The number of aryl methyl sites for hydroxylation is 1. The summed E-state index contributed by atoms with van der Waals surface area (Å²) in [5.74, 6) is 0.829. The lowest BCUT2D eigenvalue weighted by Crippen LogP contribution is -2.13. The third-order valence-electron chi connectivity index (χ3n) is 2.99. The molecule has 0 fully saturated rings. The van der Waals surface area contributed by atoms with Crippen LogP contribution in [0.3, 0.4) is 0 Å². The van der Waals surface area contributed by atoms with Crippen LogP contribution in [0.25, 0.3) is 0 Å². The van der Waals surface area contributed by atoms with E-state index in [2.05, 4.69) is 24.4 Å². The third-order valence-corrected chi connectivity index (χ3v) is 4.33. The first kappa shape index (κ1) is 13.9. The molecule has 0 radical (unpaired) electrons. The average Bonchev–Trinajstić information content (AvgIpc) is 2.94. The molecule has 0 amide bonds. The van der Waals surface area contributed by atoms with Gasteiger partial charge >= 0.3 is 0 Å². The smallest absolute Gasteiger partial charge is 0.119 e. The summed E-state index contributed by atoms with van der Waals surface area (Å²) in [6.07, 6.45) is 1.03. The monoisotopic (exact) mass is 277 g/mol. The molecular formula is C15H19NO2S. The Kier molecular flexibility index (Phi) is 4.82. The number of methoxy groups -OCH3 is 1. The summed E-state index contributed by atoms with van der Waals surface area (Å²) in [6.45, 7) is 2.22. The second-order valence-corrected chi connectivity index (χ2v) is 5.47. The van der Waals surface area contributed by atoms with E-state index in [-0.39, 0.29) is 12.6 Å². The Morgan fingerprint density at radius 1 is 1.21 bits per heavy atom. The number of ether oxygens (including phenoxy) is 1. The minimum Gasteiger partial charge on any atom is -0.497 e. The SMILES string of the molecule is CCc1ccc(C(CO)Nc2ccc(OC)cc2)s1. The molecule has 1 atom stereocenters. The van der Waals surface area contributed by atoms with Gasteiger partial charge in [-0.3, -0.25) is 0 Å². The van der Waals surface area contributed by atoms with Gasteiger partial charge in [-0.1, -0.05) is 6.92 Å². The molecule has 0 spiro atoms. The highest BCUT2D eigenvalue weighted by Crippen LogP contribution is 2.27. The minimum atomic E-state index is -0.0568. The van der Waals surface area contributed by atoms with Crippen molar-refractivity contribution in [2.45, 2.75) is 19.4 Å². The van der Waals surface area contributed by atoms with Crippen molar-refractivity contribution in [1.29, 1.82) is 0 Å². The molecule has 0 bridgehead atoms. The Morgan fingerprint density at radius 2 is 1.95 bits per heavy atom. The number of nitrogens with one attached hydrogen (secondary N) is 1. The molecule has 2 rings (SSSR count). The topological polar surface area (TPSA) is 41.5 Å². The van der Waals surface area contributed by atoms with Crippen molar-refractivity contribution in [3.63, 3.8) is 0 Å². The van der Waals surface area contributed by atoms with E-state index in [0.29, 0.717) is 0 Å². The highest BCUT2D eigenvalue weighted by Gasteiger charge is 2.12. The summed E-state index contributed by atoms with van der Waals surface area (Å²) in [5.41, 5.74) is 0.978. The fraction of sp³-hybridized carbons (Fsp3) is 0.333. The molecule has 0 aliphatic heterocycles. The van der Waals surface area contributed by atoms with E-state index in [1.54, 1.807) is 18.4 Å². The maximum absolute atomic E-state index is 9.54. The number of hydrogen-bond donors (Lipinski definition) is 2. The Labute approximate surface area is 117 Å². The van der Waals surface area contributed by atoms with Gasteiger partial charge in [0, 0.05) is 15.4 Å². The number of hydrogen-bond acceptors (Lipinski definition) is 4. The summed E-state index contributed by atoms with van der Waals surface area (Å²) < 4.78 is 5.13. The van der Waals surface area contributed by atoms with E-state index in [9.17, 15) is 5.11 Å². The van der Waals surface area contributed by atoms with E-state index in [4.69, 9.17) is 4.74 Å². The fourth-order valence-electron chi connectivity index (χ4n) is 1.87. The zero-order chi connectivity index (χ0) is 13.7. The zero-order valence-corrected chi connectivity index (χ0v) is 12.0. The average molecular weight is 277 g/mol. The van der Waals surface area contributed by atoms with Crippen molar-refractivity contribution in [3.8, 4) is 5.75 Å². The molecule has 1 heterocycles. The first-order valence-corrected chi connectivity index (χ1v) is 7.18. The first-order valence-electron chi connectivity index (χ1n) is 6.37. The molecule has 2 N–H and O–H groups in total. The van der Waals surface area contributed by atoms with E-state index in [1.165, 1.54) is 4.88 Å². The molecule has 0 saturated carbocycles. The second-order valence-electron chi connectivity index (χ2n) is 4.27. The number of aliphatic hydroxyl groups is 1. The van der Waals surface area contributed by atoms with Gasteiger partial charge in [-0.2, -0.15) is 0 Å².